The Kier molecular flexibility index (Phi) is 4.65. The van der Waals surface area contributed by atoms with E-state index in [0.717, 1.165) is 22.3 Å². The summed E-state index contributed by atoms with van der Waals surface area (Å²) in [7, 11) is 0. The first-order valence-electron chi connectivity index (χ1n) is 5.93. The number of ketones is 1. The fourth-order valence-electron chi connectivity index (χ4n) is 1.91. The van der Waals surface area contributed by atoms with Gasteiger partial charge in [0.2, 0.25) is 0 Å². The van der Waals surface area contributed by atoms with Crippen molar-refractivity contribution in [1.29, 1.82) is 0 Å². The molecule has 0 saturated carbocycles. The summed E-state index contributed by atoms with van der Waals surface area (Å²) in [6.07, 6.45) is 5.46. The van der Waals surface area contributed by atoms with Gasteiger partial charge in [-0.25, -0.2) is 0 Å². The Morgan fingerprint density at radius 2 is 1.65 bits per heavy atom. The highest BCUT2D eigenvalue weighted by atomic mass is 16.1. The molecule has 17 heavy (non-hydrogen) atoms. The van der Waals surface area contributed by atoms with Crippen molar-refractivity contribution < 1.29 is 4.79 Å². The predicted octanol–water partition coefficient (Wildman–Crippen LogP) is 4.42. The van der Waals surface area contributed by atoms with Crippen molar-refractivity contribution in [2.45, 2.75) is 20.8 Å². The maximum atomic E-state index is 12.0. The van der Waals surface area contributed by atoms with E-state index in [9.17, 15) is 4.79 Å². The van der Waals surface area contributed by atoms with Crippen molar-refractivity contribution in [2.75, 3.05) is 0 Å². The SMILES string of the molecule is C=C/C=C1\C(=C/C)C(=O)c2ccccc21.CC. The average Bonchev–Trinajstić information content (AvgIpc) is 2.66. The number of fused-ring (bicyclic) bond motifs is 1. The molecule has 1 nitrogen and oxygen atoms in total. The van der Waals surface area contributed by atoms with Crippen LogP contribution in [0.1, 0.15) is 36.7 Å². The van der Waals surface area contributed by atoms with Crippen molar-refractivity contribution in [3.05, 3.63) is 65.8 Å². The van der Waals surface area contributed by atoms with Gasteiger partial charge in [0, 0.05) is 11.1 Å². The molecule has 1 aliphatic carbocycles. The van der Waals surface area contributed by atoms with Crippen molar-refractivity contribution in [3.63, 3.8) is 0 Å². The number of rotatable bonds is 1. The van der Waals surface area contributed by atoms with Crippen LogP contribution in [0.4, 0.5) is 0 Å². The second-order valence-electron chi connectivity index (χ2n) is 3.39. The summed E-state index contributed by atoms with van der Waals surface area (Å²) < 4.78 is 0. The van der Waals surface area contributed by atoms with Gasteiger partial charge in [0.15, 0.2) is 5.78 Å². The fraction of sp³-hybridized carbons (Fsp3) is 0.188. The molecule has 88 valence electrons. The van der Waals surface area contributed by atoms with E-state index in [1.54, 1.807) is 6.08 Å². The summed E-state index contributed by atoms with van der Waals surface area (Å²) in [5, 5.41) is 0. The quantitative estimate of drug-likeness (QED) is 0.648. The maximum absolute atomic E-state index is 12.0. The van der Waals surface area contributed by atoms with E-state index in [0.29, 0.717) is 0 Å². The topological polar surface area (TPSA) is 17.1 Å². The van der Waals surface area contributed by atoms with Gasteiger partial charge in [-0.15, -0.1) is 0 Å². The first kappa shape index (κ1) is 13.2. The Bertz CT molecular complexity index is 490. The van der Waals surface area contributed by atoms with Crippen LogP contribution in [0.25, 0.3) is 5.57 Å². The minimum Gasteiger partial charge on any atom is -0.289 e. The number of hydrogen-bond donors (Lipinski definition) is 0. The van der Waals surface area contributed by atoms with E-state index in [-0.39, 0.29) is 5.78 Å². The highest BCUT2D eigenvalue weighted by Gasteiger charge is 2.27. The minimum absolute atomic E-state index is 0.112. The van der Waals surface area contributed by atoms with Crippen molar-refractivity contribution >= 4 is 11.4 Å². The van der Waals surface area contributed by atoms with Crippen LogP contribution >= 0.6 is 0 Å². The zero-order valence-corrected chi connectivity index (χ0v) is 10.7. The third-order valence-corrected chi connectivity index (χ3v) is 2.57. The van der Waals surface area contributed by atoms with Crippen LogP contribution in [-0.2, 0) is 0 Å². The summed E-state index contributed by atoms with van der Waals surface area (Å²) in [5.41, 5.74) is 3.55. The molecule has 0 spiro atoms. The van der Waals surface area contributed by atoms with E-state index in [1.165, 1.54) is 0 Å². The number of Topliss-reactive ketones (excluding diaryl/α,β-unsaturated/α-hetero) is 1. The van der Waals surface area contributed by atoms with Crippen LogP contribution in [0.15, 0.2) is 54.6 Å². The monoisotopic (exact) mass is 226 g/mol. The largest absolute Gasteiger partial charge is 0.289 e. The molecule has 1 aromatic rings. The molecule has 1 aromatic carbocycles. The van der Waals surface area contributed by atoms with Crippen molar-refractivity contribution in [1.82, 2.24) is 0 Å². The summed E-state index contributed by atoms with van der Waals surface area (Å²) >= 11 is 0. The number of hydrogen-bond acceptors (Lipinski definition) is 1. The molecular formula is C16H18O. The van der Waals surface area contributed by atoms with Crippen LogP contribution in [0.5, 0.6) is 0 Å². The predicted molar refractivity (Wildman–Crippen MR) is 74.1 cm³/mol. The van der Waals surface area contributed by atoms with Crippen LogP contribution in [0, 0.1) is 0 Å². The van der Waals surface area contributed by atoms with Gasteiger partial charge in [-0.3, -0.25) is 4.79 Å². The first-order chi connectivity index (χ1) is 8.29. The summed E-state index contributed by atoms with van der Waals surface area (Å²) in [6.45, 7) is 9.56. The van der Waals surface area contributed by atoms with Gasteiger partial charge < -0.3 is 0 Å². The zero-order valence-electron chi connectivity index (χ0n) is 10.7. The van der Waals surface area contributed by atoms with E-state index < -0.39 is 0 Å². The van der Waals surface area contributed by atoms with Crippen LogP contribution in [0.2, 0.25) is 0 Å². The number of carbonyl (C=O) groups is 1. The van der Waals surface area contributed by atoms with Crippen LogP contribution in [0.3, 0.4) is 0 Å². The Labute approximate surface area is 103 Å². The van der Waals surface area contributed by atoms with Gasteiger partial charge in [0.05, 0.1) is 0 Å². The molecule has 0 radical (unpaired) electrons. The Morgan fingerprint density at radius 1 is 1.06 bits per heavy atom. The molecule has 0 aliphatic heterocycles. The second kappa shape index (κ2) is 6.00. The molecule has 0 heterocycles. The molecule has 2 rings (SSSR count). The number of carbonyl (C=O) groups excluding carboxylic acids is 1. The van der Waals surface area contributed by atoms with Gasteiger partial charge >= 0.3 is 0 Å². The summed E-state index contributed by atoms with van der Waals surface area (Å²) in [4.78, 5) is 12.0. The van der Waals surface area contributed by atoms with Crippen LogP contribution < -0.4 is 0 Å². The molecule has 0 amide bonds. The van der Waals surface area contributed by atoms with E-state index in [4.69, 9.17) is 0 Å². The Morgan fingerprint density at radius 3 is 2.18 bits per heavy atom. The van der Waals surface area contributed by atoms with E-state index in [1.807, 2.05) is 57.2 Å². The summed E-state index contributed by atoms with van der Waals surface area (Å²) in [6, 6.07) is 7.67. The van der Waals surface area contributed by atoms with Gasteiger partial charge in [0.1, 0.15) is 0 Å². The smallest absolute Gasteiger partial charge is 0.193 e. The molecule has 0 saturated heterocycles. The lowest BCUT2D eigenvalue weighted by Crippen LogP contribution is -1.93. The lowest BCUT2D eigenvalue weighted by Gasteiger charge is -1.98. The van der Waals surface area contributed by atoms with Crippen LogP contribution in [-0.4, -0.2) is 5.78 Å². The molecular weight excluding hydrogens is 208 g/mol. The molecule has 0 unspecified atom stereocenters. The Hall–Kier alpha value is -1.89. The Balaban J connectivity index is 0.000000686. The molecule has 0 N–H and O–H groups in total. The number of benzene rings is 1. The third kappa shape index (κ3) is 2.28. The summed E-state index contributed by atoms with van der Waals surface area (Å²) in [5.74, 6) is 0.112. The van der Waals surface area contributed by atoms with E-state index >= 15 is 0 Å². The van der Waals surface area contributed by atoms with Gasteiger partial charge in [0.25, 0.3) is 0 Å². The zero-order chi connectivity index (χ0) is 12.8. The highest BCUT2D eigenvalue weighted by Crippen LogP contribution is 2.36. The molecule has 1 heteroatoms. The van der Waals surface area contributed by atoms with Gasteiger partial charge in [-0.05, 0) is 18.1 Å². The normalized spacial score (nSPS) is 17.7. The fourth-order valence-corrected chi connectivity index (χ4v) is 1.91. The van der Waals surface area contributed by atoms with Crippen molar-refractivity contribution in [2.24, 2.45) is 0 Å². The highest BCUT2D eigenvalue weighted by molar-refractivity contribution is 6.26. The maximum Gasteiger partial charge on any atom is 0.193 e. The van der Waals surface area contributed by atoms with Crippen molar-refractivity contribution in [3.8, 4) is 0 Å². The number of allylic oxidation sites excluding steroid dienone is 5. The van der Waals surface area contributed by atoms with Gasteiger partial charge in [-0.2, -0.15) is 0 Å². The standard InChI is InChI=1S/C14H12O.C2H6/c1-3-7-11-10(4-2)14(15)13-9-6-5-8-12(11)13;1-2/h3-9H,1H2,2H3;1-2H3/b10-4+,11-7+;. The van der Waals surface area contributed by atoms with E-state index in [2.05, 4.69) is 6.58 Å². The first-order valence-corrected chi connectivity index (χ1v) is 5.93. The second-order valence-corrected chi connectivity index (χ2v) is 3.39. The molecule has 0 atom stereocenters. The third-order valence-electron chi connectivity index (χ3n) is 2.57. The molecule has 0 bridgehead atoms. The molecule has 0 aromatic heterocycles. The van der Waals surface area contributed by atoms with Gasteiger partial charge in [-0.1, -0.05) is 62.9 Å². The lowest BCUT2D eigenvalue weighted by atomic mass is 10.0. The minimum atomic E-state index is 0.112. The average molecular weight is 226 g/mol. The lowest BCUT2D eigenvalue weighted by molar-refractivity contribution is 0.104. The molecule has 1 aliphatic rings. The molecule has 0 fully saturated rings.